The highest BCUT2D eigenvalue weighted by Gasteiger charge is 2.11. The summed E-state index contributed by atoms with van der Waals surface area (Å²) in [7, 11) is 1.58. The van der Waals surface area contributed by atoms with Crippen LogP contribution in [0.15, 0.2) is 40.8 Å². The molecule has 1 heterocycles. The first-order valence-electron chi connectivity index (χ1n) is 5.57. The van der Waals surface area contributed by atoms with Gasteiger partial charge in [-0.2, -0.15) is 0 Å². The van der Waals surface area contributed by atoms with E-state index in [-0.39, 0.29) is 5.02 Å². The molecule has 96 valence electrons. The highest BCUT2D eigenvalue weighted by Crippen LogP contribution is 2.29. The number of fused-ring (bicyclic) bond motifs is 1. The van der Waals surface area contributed by atoms with Gasteiger partial charge in [0.25, 0.3) is 0 Å². The van der Waals surface area contributed by atoms with Crippen LogP contribution in [0.5, 0.6) is 5.75 Å². The number of methoxy groups -OCH3 is 1. The Morgan fingerprint density at radius 2 is 2.11 bits per heavy atom. The summed E-state index contributed by atoms with van der Waals surface area (Å²) in [6, 6.07) is 9.96. The molecule has 3 nitrogen and oxygen atoms in total. The van der Waals surface area contributed by atoms with Gasteiger partial charge in [0.1, 0.15) is 17.1 Å². The molecule has 0 aliphatic carbocycles. The number of benzene rings is 2. The smallest absolute Gasteiger partial charge is 0.227 e. The highest BCUT2D eigenvalue weighted by molar-refractivity contribution is 6.31. The Balaban J connectivity index is 2.14. The van der Waals surface area contributed by atoms with E-state index in [1.54, 1.807) is 13.2 Å². The standard InChI is InChI=1S/C14H9ClFNO2/c1-18-9-4-2-3-8(5-9)14-17-12-7-11(16)10(15)6-13(12)19-14/h2-7H,1H3. The second kappa shape index (κ2) is 4.55. The maximum atomic E-state index is 13.3. The van der Waals surface area contributed by atoms with Crippen LogP contribution in [0.4, 0.5) is 4.39 Å². The molecular formula is C14H9ClFNO2. The second-order valence-electron chi connectivity index (χ2n) is 3.99. The molecule has 0 unspecified atom stereocenters. The zero-order chi connectivity index (χ0) is 13.4. The molecule has 0 atom stereocenters. The quantitative estimate of drug-likeness (QED) is 0.701. The number of hydrogen-bond acceptors (Lipinski definition) is 3. The van der Waals surface area contributed by atoms with E-state index < -0.39 is 5.82 Å². The van der Waals surface area contributed by atoms with Gasteiger partial charge in [0.2, 0.25) is 5.89 Å². The first-order chi connectivity index (χ1) is 9.17. The van der Waals surface area contributed by atoms with Gasteiger partial charge in [0.15, 0.2) is 5.58 Å². The molecule has 0 amide bonds. The fourth-order valence-corrected chi connectivity index (χ4v) is 1.96. The number of aromatic nitrogens is 1. The van der Waals surface area contributed by atoms with Gasteiger partial charge in [-0.3, -0.25) is 0 Å². The number of ether oxygens (including phenoxy) is 1. The van der Waals surface area contributed by atoms with Gasteiger partial charge in [0.05, 0.1) is 12.1 Å². The molecule has 0 N–H and O–H groups in total. The van der Waals surface area contributed by atoms with Crippen molar-refractivity contribution in [2.75, 3.05) is 7.11 Å². The van der Waals surface area contributed by atoms with Crippen molar-refractivity contribution >= 4 is 22.7 Å². The van der Waals surface area contributed by atoms with Crippen LogP contribution in [0.25, 0.3) is 22.6 Å². The third-order valence-corrected chi connectivity index (χ3v) is 3.04. The third kappa shape index (κ3) is 2.15. The lowest BCUT2D eigenvalue weighted by molar-refractivity contribution is 0.415. The molecule has 1 aromatic heterocycles. The van der Waals surface area contributed by atoms with Crippen LogP contribution >= 0.6 is 11.6 Å². The molecule has 0 saturated carbocycles. The van der Waals surface area contributed by atoms with Crippen LogP contribution in [0, 0.1) is 5.82 Å². The van der Waals surface area contributed by atoms with Crippen LogP contribution in [-0.2, 0) is 0 Å². The van der Waals surface area contributed by atoms with E-state index in [9.17, 15) is 4.39 Å². The van der Waals surface area contributed by atoms with E-state index >= 15 is 0 Å². The van der Waals surface area contributed by atoms with E-state index in [1.165, 1.54) is 12.1 Å². The van der Waals surface area contributed by atoms with Crippen LogP contribution in [-0.4, -0.2) is 12.1 Å². The molecule has 5 heteroatoms. The fourth-order valence-electron chi connectivity index (χ4n) is 1.80. The molecule has 0 aliphatic heterocycles. The molecule has 0 bridgehead atoms. The van der Waals surface area contributed by atoms with Crippen molar-refractivity contribution in [2.24, 2.45) is 0 Å². The van der Waals surface area contributed by atoms with Crippen LogP contribution in [0.1, 0.15) is 0 Å². The number of hydrogen-bond donors (Lipinski definition) is 0. The second-order valence-corrected chi connectivity index (χ2v) is 4.39. The van der Waals surface area contributed by atoms with E-state index in [1.807, 2.05) is 18.2 Å². The molecule has 0 saturated heterocycles. The van der Waals surface area contributed by atoms with E-state index in [0.29, 0.717) is 22.7 Å². The summed E-state index contributed by atoms with van der Waals surface area (Å²) in [6.07, 6.45) is 0. The fraction of sp³-hybridized carbons (Fsp3) is 0.0714. The maximum absolute atomic E-state index is 13.3. The summed E-state index contributed by atoms with van der Waals surface area (Å²) in [5.74, 6) is 0.583. The Morgan fingerprint density at radius 3 is 2.89 bits per heavy atom. The van der Waals surface area contributed by atoms with Crippen molar-refractivity contribution < 1.29 is 13.5 Å². The predicted octanol–water partition coefficient (Wildman–Crippen LogP) is 4.30. The summed E-state index contributed by atoms with van der Waals surface area (Å²) in [5.41, 5.74) is 1.64. The molecule has 0 aliphatic rings. The zero-order valence-electron chi connectivity index (χ0n) is 9.98. The minimum absolute atomic E-state index is 0.0147. The van der Waals surface area contributed by atoms with Gasteiger partial charge >= 0.3 is 0 Å². The first-order valence-corrected chi connectivity index (χ1v) is 5.95. The summed E-state index contributed by atoms with van der Waals surface area (Å²) in [6.45, 7) is 0. The summed E-state index contributed by atoms with van der Waals surface area (Å²) in [5, 5.41) is 0.0147. The minimum Gasteiger partial charge on any atom is -0.497 e. The highest BCUT2D eigenvalue weighted by atomic mass is 35.5. The third-order valence-electron chi connectivity index (χ3n) is 2.75. The molecule has 3 aromatic rings. The van der Waals surface area contributed by atoms with Crippen molar-refractivity contribution in [1.82, 2.24) is 4.98 Å². The molecule has 2 aromatic carbocycles. The van der Waals surface area contributed by atoms with Crippen molar-refractivity contribution in [1.29, 1.82) is 0 Å². The van der Waals surface area contributed by atoms with Gasteiger partial charge in [0, 0.05) is 17.7 Å². The number of rotatable bonds is 2. The Kier molecular flexibility index (Phi) is 2.87. The molecule has 3 rings (SSSR count). The average molecular weight is 278 g/mol. The summed E-state index contributed by atoms with van der Waals surface area (Å²) >= 11 is 5.71. The Morgan fingerprint density at radius 1 is 1.26 bits per heavy atom. The normalized spacial score (nSPS) is 10.9. The van der Waals surface area contributed by atoms with Gasteiger partial charge in [-0.1, -0.05) is 17.7 Å². The van der Waals surface area contributed by atoms with Crippen LogP contribution in [0.3, 0.4) is 0 Å². The average Bonchev–Trinajstić information content (AvgIpc) is 2.82. The number of halogens is 2. The SMILES string of the molecule is COc1cccc(-c2nc3cc(F)c(Cl)cc3o2)c1. The molecule has 0 fully saturated rings. The minimum atomic E-state index is -0.514. The lowest BCUT2D eigenvalue weighted by atomic mass is 10.2. The van der Waals surface area contributed by atoms with Crippen molar-refractivity contribution in [3.8, 4) is 17.2 Å². The molecule has 0 radical (unpaired) electrons. The maximum Gasteiger partial charge on any atom is 0.227 e. The zero-order valence-corrected chi connectivity index (χ0v) is 10.7. The molecule has 19 heavy (non-hydrogen) atoms. The van der Waals surface area contributed by atoms with Crippen molar-refractivity contribution in [3.05, 3.63) is 47.2 Å². The van der Waals surface area contributed by atoms with Gasteiger partial charge in [-0.05, 0) is 18.2 Å². The molecular weight excluding hydrogens is 269 g/mol. The van der Waals surface area contributed by atoms with E-state index in [0.717, 1.165) is 5.56 Å². The number of oxazole rings is 1. The Bertz CT molecular complexity index is 715. The largest absolute Gasteiger partial charge is 0.497 e. The monoisotopic (exact) mass is 277 g/mol. The Labute approximate surface area is 113 Å². The van der Waals surface area contributed by atoms with Gasteiger partial charge < -0.3 is 9.15 Å². The lowest BCUT2D eigenvalue weighted by Gasteiger charge is -2.00. The van der Waals surface area contributed by atoms with E-state index in [2.05, 4.69) is 4.98 Å². The molecule has 0 spiro atoms. The summed E-state index contributed by atoms with van der Waals surface area (Å²) < 4.78 is 24.1. The van der Waals surface area contributed by atoms with Crippen LogP contribution in [0.2, 0.25) is 5.02 Å². The predicted molar refractivity (Wildman–Crippen MR) is 71.0 cm³/mol. The van der Waals surface area contributed by atoms with Crippen LogP contribution < -0.4 is 4.74 Å². The van der Waals surface area contributed by atoms with Crippen molar-refractivity contribution in [3.63, 3.8) is 0 Å². The number of nitrogens with zero attached hydrogens (tertiary/aromatic N) is 1. The topological polar surface area (TPSA) is 35.3 Å². The van der Waals surface area contributed by atoms with Gasteiger partial charge in [-0.15, -0.1) is 0 Å². The van der Waals surface area contributed by atoms with Gasteiger partial charge in [-0.25, -0.2) is 9.37 Å². The first kappa shape index (κ1) is 12.0. The van der Waals surface area contributed by atoms with E-state index in [4.69, 9.17) is 20.8 Å². The lowest BCUT2D eigenvalue weighted by Crippen LogP contribution is -1.83. The van der Waals surface area contributed by atoms with Crippen molar-refractivity contribution in [2.45, 2.75) is 0 Å². The summed E-state index contributed by atoms with van der Waals surface area (Å²) in [4.78, 5) is 4.24. The Hall–Kier alpha value is -2.07.